The summed E-state index contributed by atoms with van der Waals surface area (Å²) >= 11 is 0. The molecular formula is C34H50N8O21. The van der Waals surface area contributed by atoms with Gasteiger partial charge in [-0.2, -0.15) is 0 Å². The number of hydrogen-bond acceptors (Lipinski definition) is 16. The Hall–Kier alpha value is -8.00. The minimum atomic E-state index is -1.52. The topological polar surface area (TPSA) is 629 Å². The van der Waals surface area contributed by atoms with Crippen LogP contribution in [0.15, 0.2) is 72.8 Å². The van der Waals surface area contributed by atoms with Crippen LogP contribution in [-0.4, -0.2) is 142 Å². The van der Waals surface area contributed by atoms with E-state index < -0.39 is 59.1 Å². The summed E-state index contributed by atoms with van der Waals surface area (Å²) in [7, 11) is 0. The first-order valence-corrected chi connectivity index (χ1v) is 16.1. The van der Waals surface area contributed by atoms with E-state index in [-0.39, 0.29) is 61.5 Å². The summed E-state index contributed by atoms with van der Waals surface area (Å²) in [6.07, 6.45) is 2.33. The first kappa shape index (κ1) is 69.6. The number of carbonyl (C=O) groups excluding carboxylic acids is 4. The molecule has 0 amide bonds. The zero-order chi connectivity index (χ0) is 44.8. The summed E-state index contributed by atoms with van der Waals surface area (Å²) in [5, 5.41) is 74.5. The number of aromatic nitrogens is 4. The molecule has 0 bridgehead atoms. The summed E-state index contributed by atoms with van der Waals surface area (Å²) in [6, 6.07) is 14.7. The molecule has 29 heteroatoms. The van der Waals surface area contributed by atoms with Crippen LogP contribution in [0.4, 0.5) is 0 Å². The Morgan fingerprint density at radius 1 is 0.349 bits per heavy atom. The van der Waals surface area contributed by atoms with Gasteiger partial charge in [0.25, 0.3) is 0 Å². The number of pyridine rings is 4. The molecule has 0 unspecified atom stereocenters. The predicted octanol–water partition coefficient (Wildman–Crippen LogP) is -11.8. The predicted molar refractivity (Wildman–Crippen MR) is 200 cm³/mol. The quantitative estimate of drug-likeness (QED) is 0.0654. The Bertz CT molecular complexity index is 1610. The molecule has 0 atom stereocenters. The summed E-state index contributed by atoms with van der Waals surface area (Å²) in [4.78, 5) is 95.3. The van der Waals surface area contributed by atoms with Crippen LogP contribution in [0.5, 0.6) is 0 Å². The second-order valence-electron chi connectivity index (χ2n) is 10.1. The molecule has 4 heterocycles. The van der Waals surface area contributed by atoms with Crippen molar-refractivity contribution in [2.45, 2.75) is 12.8 Å². The van der Waals surface area contributed by atoms with E-state index in [0.29, 0.717) is 0 Å². The van der Waals surface area contributed by atoms with Gasteiger partial charge in [-0.05, 0) is 48.5 Å². The number of hydrogen-bond donors (Lipinski definition) is 8. The molecular weight excluding hydrogens is 856 g/mol. The summed E-state index contributed by atoms with van der Waals surface area (Å²) in [5.74, 6) is -11.0. The van der Waals surface area contributed by atoms with Crippen LogP contribution in [0.1, 0.15) is 96.7 Å². The lowest BCUT2D eigenvalue weighted by Gasteiger charge is -2.04. The Morgan fingerprint density at radius 2 is 0.492 bits per heavy atom. The minimum Gasteiger partial charge on any atom is -0.543 e. The van der Waals surface area contributed by atoms with Crippen LogP contribution in [0, 0.1) is 0 Å². The maximum atomic E-state index is 10.3. The first-order chi connectivity index (χ1) is 27.3. The Morgan fingerprint density at radius 3 is 0.619 bits per heavy atom. The SMILES string of the molecule is O.O.O.O.O.O=C(O)c1cccc(C(=O)O)n1.O=C([O-])c1cccc(C(=O)O)n1.O=C([O-])c1cccc(C(=O)O)n1.O=C([O-])c1cccc(C(=O)[O-])n1.[NH3+]CCC[NH3+].[NH3+]CCC[NH3+]. The molecule has 0 saturated heterocycles. The molecule has 0 spiro atoms. The molecule has 26 N–H and O–H groups in total. The second kappa shape index (κ2) is 39.5. The maximum Gasteiger partial charge on any atom is 0.354 e. The first-order valence-electron chi connectivity index (χ1n) is 16.1. The van der Waals surface area contributed by atoms with Gasteiger partial charge in [-0.15, -0.1) is 0 Å². The number of carboxylic acid groups (broad SMARTS) is 8. The van der Waals surface area contributed by atoms with Crippen molar-refractivity contribution in [3.63, 3.8) is 0 Å². The van der Waals surface area contributed by atoms with Gasteiger partial charge in [0.05, 0.1) is 72.8 Å². The third kappa shape index (κ3) is 31.6. The summed E-state index contributed by atoms with van der Waals surface area (Å²) in [6.45, 7) is 4.12. The van der Waals surface area contributed by atoms with Crippen LogP contribution in [0.3, 0.4) is 0 Å². The van der Waals surface area contributed by atoms with Crippen molar-refractivity contribution in [3.8, 4) is 0 Å². The zero-order valence-electron chi connectivity index (χ0n) is 33.0. The lowest BCUT2D eigenvalue weighted by Crippen LogP contribution is -2.57. The van der Waals surface area contributed by atoms with Gasteiger partial charge in [-0.3, -0.25) is 0 Å². The number of carbonyl (C=O) groups is 8. The van der Waals surface area contributed by atoms with E-state index in [1.54, 1.807) is 0 Å². The Balaban J connectivity index is -0.000000121. The van der Waals surface area contributed by atoms with E-state index >= 15 is 0 Å². The molecule has 0 radical (unpaired) electrons. The van der Waals surface area contributed by atoms with Gasteiger partial charge >= 0.3 is 23.9 Å². The molecule has 0 fully saturated rings. The largest absolute Gasteiger partial charge is 0.543 e. The molecule has 29 nitrogen and oxygen atoms in total. The number of quaternary nitrogens is 4. The van der Waals surface area contributed by atoms with Gasteiger partial charge < -0.3 is 110 Å². The zero-order valence-corrected chi connectivity index (χ0v) is 33.0. The van der Waals surface area contributed by atoms with Crippen LogP contribution < -0.4 is 43.4 Å². The molecule has 63 heavy (non-hydrogen) atoms. The van der Waals surface area contributed by atoms with E-state index in [2.05, 4.69) is 42.9 Å². The van der Waals surface area contributed by atoms with Crippen molar-refractivity contribution in [3.05, 3.63) is 118 Å². The number of carboxylic acids is 8. The van der Waals surface area contributed by atoms with E-state index in [0.717, 1.165) is 38.3 Å². The minimum absolute atomic E-state index is 0. The van der Waals surface area contributed by atoms with Gasteiger partial charge in [-0.25, -0.2) is 39.1 Å². The smallest absolute Gasteiger partial charge is 0.354 e. The van der Waals surface area contributed by atoms with Crippen molar-refractivity contribution in [2.75, 3.05) is 26.2 Å². The van der Waals surface area contributed by atoms with Crippen LogP contribution in [0.25, 0.3) is 0 Å². The average Bonchev–Trinajstić information content (AvgIpc) is 3.20. The molecule has 0 aliphatic carbocycles. The van der Waals surface area contributed by atoms with Crippen LogP contribution >= 0.6 is 0 Å². The highest BCUT2D eigenvalue weighted by molar-refractivity contribution is 5.91. The molecule has 4 aromatic rings. The third-order valence-electron chi connectivity index (χ3n) is 5.71. The fraction of sp³-hybridized carbons (Fsp3) is 0.176. The lowest BCUT2D eigenvalue weighted by molar-refractivity contribution is -0.405. The normalized spacial score (nSPS) is 8.44. The summed E-state index contributed by atoms with van der Waals surface area (Å²) in [5.41, 5.74) is 11.8. The fourth-order valence-corrected chi connectivity index (χ4v) is 3.02. The number of aromatic carboxylic acids is 8. The van der Waals surface area contributed by atoms with Crippen molar-refractivity contribution in [2.24, 2.45) is 0 Å². The third-order valence-corrected chi connectivity index (χ3v) is 5.71. The molecule has 4 rings (SSSR count). The monoisotopic (exact) mass is 906 g/mol. The highest BCUT2D eigenvalue weighted by Crippen LogP contribution is 2.00. The van der Waals surface area contributed by atoms with Crippen molar-refractivity contribution in [1.82, 2.24) is 19.9 Å². The number of rotatable bonds is 12. The molecule has 4 aromatic heterocycles. The second-order valence-corrected chi connectivity index (χ2v) is 10.1. The van der Waals surface area contributed by atoms with Gasteiger partial charge in [-0.1, -0.05) is 24.3 Å². The molecule has 0 aliphatic rings. The van der Waals surface area contributed by atoms with Crippen molar-refractivity contribution >= 4 is 47.8 Å². The average molecular weight is 907 g/mol. The molecule has 0 aromatic carbocycles. The van der Waals surface area contributed by atoms with Gasteiger partial charge in [0, 0.05) is 12.8 Å². The van der Waals surface area contributed by atoms with E-state index in [1.165, 1.54) is 73.5 Å². The van der Waals surface area contributed by atoms with Gasteiger partial charge in [0.2, 0.25) is 0 Å². The van der Waals surface area contributed by atoms with Crippen molar-refractivity contribution in [1.29, 1.82) is 0 Å². The maximum absolute atomic E-state index is 10.3. The molecule has 352 valence electrons. The van der Waals surface area contributed by atoms with Crippen LogP contribution in [0.2, 0.25) is 0 Å². The van der Waals surface area contributed by atoms with Crippen molar-refractivity contribution < 1.29 is 130 Å². The Kier molecular flexibility index (Phi) is 43.6. The lowest BCUT2D eigenvalue weighted by atomic mass is 10.3. The number of nitrogens with zero attached hydrogens (tertiary/aromatic N) is 4. The fourth-order valence-electron chi connectivity index (χ4n) is 3.02. The molecule has 0 saturated carbocycles. The van der Waals surface area contributed by atoms with Crippen LogP contribution in [-0.2, 0) is 0 Å². The van der Waals surface area contributed by atoms with E-state index in [9.17, 15) is 58.8 Å². The highest BCUT2D eigenvalue weighted by atomic mass is 16.4. The van der Waals surface area contributed by atoms with Gasteiger partial charge in [0.15, 0.2) is 0 Å². The molecule has 0 aliphatic heterocycles. The summed E-state index contributed by atoms with van der Waals surface area (Å²) < 4.78 is 0. The van der Waals surface area contributed by atoms with Gasteiger partial charge in [0.1, 0.15) is 22.8 Å². The standard InChI is InChI=1S/4C7H5NO4.2C3H10N2.5H2O/c4*9-6(10)4-2-1-3-5(8-4)7(11)12;2*4-2-1-3-5;;;;;/h4*1-3H,(H,9,10)(H,11,12);2*1-5H2;5*1H2. The highest BCUT2D eigenvalue weighted by Gasteiger charge is 2.09. The van der Waals surface area contributed by atoms with E-state index in [1.807, 2.05) is 0 Å². The van der Waals surface area contributed by atoms with E-state index in [4.69, 9.17) is 20.4 Å². The Labute approximate surface area is 354 Å².